The number of nitrogens with two attached hydrogens (primary N) is 1. The molecule has 0 radical (unpaired) electrons. The molecule has 0 aliphatic carbocycles. The molecule has 1 unspecified atom stereocenters. The summed E-state index contributed by atoms with van der Waals surface area (Å²) >= 11 is 0. The first kappa shape index (κ1) is 16.0. The van der Waals surface area contributed by atoms with Crippen molar-refractivity contribution in [1.82, 2.24) is 5.32 Å². The van der Waals surface area contributed by atoms with E-state index in [2.05, 4.69) is 10.4 Å². The van der Waals surface area contributed by atoms with Gasteiger partial charge in [-0.1, -0.05) is 25.1 Å². The number of amides is 2. The van der Waals surface area contributed by atoms with Gasteiger partial charge in [0.2, 0.25) is 5.91 Å². The average Bonchev–Trinajstić information content (AvgIpc) is 2.93. The van der Waals surface area contributed by atoms with Crippen LogP contribution < -0.4 is 16.1 Å². The Morgan fingerprint density at radius 3 is 2.55 bits per heavy atom. The van der Waals surface area contributed by atoms with Gasteiger partial charge in [0.15, 0.2) is 0 Å². The minimum atomic E-state index is -0.632. The largest absolute Gasteiger partial charge is 0.368 e. The van der Waals surface area contributed by atoms with E-state index >= 15 is 0 Å². The van der Waals surface area contributed by atoms with Gasteiger partial charge in [-0.05, 0) is 32.4 Å². The van der Waals surface area contributed by atoms with Crippen LogP contribution in [-0.2, 0) is 9.59 Å². The fourth-order valence-electron chi connectivity index (χ4n) is 2.16. The second kappa shape index (κ2) is 6.17. The number of carbonyl (C=O) groups excluding carboxylic acids is 2. The standard InChI is InChI=1S/C16H22N4O2/c1-4-16(2,3)18-15(22)12-10-13(14(17)21)20(19-12)11-8-6-5-7-9-11/h5-9,13H,4,10H2,1-3H3,(H2,17,21)(H,18,22). The Labute approximate surface area is 130 Å². The quantitative estimate of drug-likeness (QED) is 0.862. The van der Waals surface area contributed by atoms with Gasteiger partial charge in [0.1, 0.15) is 11.8 Å². The van der Waals surface area contributed by atoms with Gasteiger partial charge in [0.25, 0.3) is 5.91 Å². The summed E-state index contributed by atoms with van der Waals surface area (Å²) in [5.41, 5.74) is 6.21. The van der Waals surface area contributed by atoms with Gasteiger partial charge < -0.3 is 11.1 Å². The van der Waals surface area contributed by atoms with Crippen LogP contribution >= 0.6 is 0 Å². The van der Waals surface area contributed by atoms with Crippen molar-refractivity contribution in [1.29, 1.82) is 0 Å². The van der Waals surface area contributed by atoms with Gasteiger partial charge in [-0.3, -0.25) is 14.6 Å². The van der Waals surface area contributed by atoms with Crippen LogP contribution in [0.15, 0.2) is 35.4 Å². The number of nitrogens with one attached hydrogen (secondary N) is 1. The van der Waals surface area contributed by atoms with Crippen molar-refractivity contribution in [3.8, 4) is 0 Å². The van der Waals surface area contributed by atoms with Gasteiger partial charge in [-0.15, -0.1) is 0 Å². The molecular formula is C16H22N4O2. The zero-order valence-corrected chi connectivity index (χ0v) is 13.2. The predicted molar refractivity (Wildman–Crippen MR) is 86.5 cm³/mol. The molecule has 0 saturated heterocycles. The molecule has 1 aliphatic heterocycles. The number of primary amides is 1. The van der Waals surface area contributed by atoms with E-state index in [-0.39, 0.29) is 17.9 Å². The molecule has 6 heteroatoms. The Morgan fingerprint density at radius 1 is 1.36 bits per heavy atom. The van der Waals surface area contributed by atoms with Crippen molar-refractivity contribution in [2.45, 2.75) is 45.2 Å². The van der Waals surface area contributed by atoms with Crippen molar-refractivity contribution in [3.63, 3.8) is 0 Å². The van der Waals surface area contributed by atoms with Crippen LogP contribution in [0.5, 0.6) is 0 Å². The predicted octanol–water partition coefficient (Wildman–Crippen LogP) is 1.41. The summed E-state index contributed by atoms with van der Waals surface area (Å²) in [5.74, 6) is -0.748. The molecule has 1 atom stereocenters. The summed E-state index contributed by atoms with van der Waals surface area (Å²) in [6.07, 6.45) is 1.02. The third-order valence-electron chi connectivity index (χ3n) is 3.86. The maximum Gasteiger partial charge on any atom is 0.267 e. The Kier molecular flexibility index (Phi) is 4.49. The smallest absolute Gasteiger partial charge is 0.267 e. The average molecular weight is 302 g/mol. The number of nitrogens with zero attached hydrogens (tertiary/aromatic N) is 2. The zero-order chi connectivity index (χ0) is 16.3. The van der Waals surface area contributed by atoms with Gasteiger partial charge >= 0.3 is 0 Å². The van der Waals surface area contributed by atoms with Crippen molar-refractivity contribution in [3.05, 3.63) is 30.3 Å². The molecule has 0 spiro atoms. The van der Waals surface area contributed by atoms with Crippen LogP contribution in [0.2, 0.25) is 0 Å². The van der Waals surface area contributed by atoms with E-state index in [1.54, 1.807) is 0 Å². The summed E-state index contributed by atoms with van der Waals surface area (Å²) in [5, 5.41) is 8.77. The highest BCUT2D eigenvalue weighted by Gasteiger charge is 2.35. The van der Waals surface area contributed by atoms with Crippen molar-refractivity contribution >= 4 is 23.2 Å². The Bertz CT molecular complexity index is 595. The fourth-order valence-corrected chi connectivity index (χ4v) is 2.16. The molecule has 2 rings (SSSR count). The third-order valence-corrected chi connectivity index (χ3v) is 3.86. The van der Waals surface area contributed by atoms with Crippen LogP contribution in [0.1, 0.15) is 33.6 Å². The van der Waals surface area contributed by atoms with Gasteiger partial charge in [-0.2, -0.15) is 5.10 Å². The molecule has 1 aromatic rings. The maximum absolute atomic E-state index is 12.3. The maximum atomic E-state index is 12.3. The zero-order valence-electron chi connectivity index (χ0n) is 13.2. The minimum absolute atomic E-state index is 0.218. The second-order valence-corrected chi connectivity index (χ2v) is 6.04. The first-order valence-corrected chi connectivity index (χ1v) is 7.37. The molecule has 1 aliphatic rings. The van der Waals surface area contributed by atoms with Crippen LogP contribution in [0.25, 0.3) is 0 Å². The first-order chi connectivity index (χ1) is 10.3. The molecule has 2 amide bonds. The molecule has 0 fully saturated rings. The third kappa shape index (κ3) is 3.44. The fraction of sp³-hybridized carbons (Fsp3) is 0.438. The molecule has 22 heavy (non-hydrogen) atoms. The molecule has 0 bridgehead atoms. The van der Waals surface area contributed by atoms with Crippen LogP contribution in [0.4, 0.5) is 5.69 Å². The van der Waals surface area contributed by atoms with E-state index < -0.39 is 11.9 Å². The topological polar surface area (TPSA) is 87.8 Å². The highest BCUT2D eigenvalue weighted by atomic mass is 16.2. The monoisotopic (exact) mass is 302 g/mol. The van der Waals surface area contributed by atoms with Crippen LogP contribution in [0.3, 0.4) is 0 Å². The number of carbonyl (C=O) groups is 2. The normalized spacial score (nSPS) is 18.0. The minimum Gasteiger partial charge on any atom is -0.368 e. The summed E-state index contributed by atoms with van der Waals surface area (Å²) < 4.78 is 0. The number of hydrazone groups is 1. The van der Waals surface area contributed by atoms with Crippen LogP contribution in [-0.4, -0.2) is 29.1 Å². The molecule has 6 nitrogen and oxygen atoms in total. The van der Waals surface area contributed by atoms with Gasteiger partial charge in [0.05, 0.1) is 5.69 Å². The molecule has 0 aromatic heterocycles. The van der Waals surface area contributed by atoms with E-state index in [0.29, 0.717) is 5.71 Å². The lowest BCUT2D eigenvalue weighted by molar-refractivity contribution is -0.119. The highest BCUT2D eigenvalue weighted by Crippen LogP contribution is 2.24. The van der Waals surface area contributed by atoms with E-state index in [9.17, 15) is 9.59 Å². The molecule has 1 heterocycles. The highest BCUT2D eigenvalue weighted by molar-refractivity contribution is 6.40. The summed E-state index contributed by atoms with van der Waals surface area (Å²) in [6.45, 7) is 5.89. The Hall–Kier alpha value is -2.37. The number of hydrogen-bond acceptors (Lipinski definition) is 4. The number of rotatable bonds is 5. The van der Waals surface area contributed by atoms with E-state index in [4.69, 9.17) is 5.73 Å². The van der Waals surface area contributed by atoms with E-state index in [1.807, 2.05) is 51.1 Å². The molecular weight excluding hydrogens is 280 g/mol. The lowest BCUT2D eigenvalue weighted by Gasteiger charge is -2.24. The van der Waals surface area contributed by atoms with E-state index in [0.717, 1.165) is 12.1 Å². The summed E-state index contributed by atoms with van der Waals surface area (Å²) in [7, 11) is 0. The lowest BCUT2D eigenvalue weighted by Crippen LogP contribution is -2.46. The lowest BCUT2D eigenvalue weighted by atomic mass is 10.0. The SMILES string of the molecule is CCC(C)(C)NC(=O)C1=NN(c2ccccc2)C(C(N)=O)C1. The molecule has 3 N–H and O–H groups in total. The molecule has 1 aromatic carbocycles. The number of benzene rings is 1. The second-order valence-electron chi connectivity index (χ2n) is 6.04. The Morgan fingerprint density at radius 2 is 2.00 bits per heavy atom. The van der Waals surface area contributed by atoms with E-state index in [1.165, 1.54) is 5.01 Å². The first-order valence-electron chi connectivity index (χ1n) is 7.37. The van der Waals surface area contributed by atoms with Crippen molar-refractivity contribution in [2.75, 3.05) is 5.01 Å². The number of hydrogen-bond donors (Lipinski definition) is 2. The summed E-state index contributed by atoms with van der Waals surface area (Å²) in [6, 6.07) is 8.60. The van der Waals surface area contributed by atoms with Crippen molar-refractivity contribution < 1.29 is 9.59 Å². The number of anilines is 1. The summed E-state index contributed by atoms with van der Waals surface area (Å²) in [4.78, 5) is 24.0. The van der Waals surface area contributed by atoms with Crippen molar-refractivity contribution in [2.24, 2.45) is 10.8 Å². The number of para-hydroxylation sites is 1. The molecule has 0 saturated carbocycles. The molecule has 118 valence electrons. The van der Waals surface area contributed by atoms with Gasteiger partial charge in [0, 0.05) is 12.0 Å². The van der Waals surface area contributed by atoms with Gasteiger partial charge in [-0.25, -0.2) is 0 Å². The Balaban J connectivity index is 2.24. The van der Waals surface area contributed by atoms with Crippen LogP contribution in [0, 0.1) is 0 Å².